The summed E-state index contributed by atoms with van der Waals surface area (Å²) in [6.07, 6.45) is 0.213. The lowest BCUT2D eigenvalue weighted by Gasteiger charge is -2.28. The molecule has 0 amide bonds. The summed E-state index contributed by atoms with van der Waals surface area (Å²) in [6.45, 7) is 7.33. The second kappa shape index (κ2) is 10.5. The minimum atomic E-state index is -1.21. The Bertz CT molecular complexity index is 1870. The van der Waals surface area contributed by atoms with Gasteiger partial charge in [-0.05, 0) is 69.2 Å². The molecule has 3 aromatic carbocycles. The van der Waals surface area contributed by atoms with E-state index in [0.29, 0.717) is 26.8 Å². The number of ether oxygens (including phenoxy) is 1. The fraction of sp³-hybridized carbons (Fsp3) is 0.200. The second-order valence-corrected chi connectivity index (χ2v) is 11.8. The van der Waals surface area contributed by atoms with E-state index in [2.05, 4.69) is 4.98 Å². The molecule has 1 atom stereocenters. The molecular weight excluding hydrogens is 550 g/mol. The fourth-order valence-corrected chi connectivity index (χ4v) is 5.82. The van der Waals surface area contributed by atoms with Crippen molar-refractivity contribution < 1.29 is 14.6 Å². The number of hydrogen-bond donors (Lipinski definition) is 2. The second-order valence-electron chi connectivity index (χ2n) is 10.3. The molecule has 5 rings (SSSR count). The maximum atomic E-state index is 12.5. The smallest absolute Gasteiger partial charge is 0.337 e. The van der Waals surface area contributed by atoms with Gasteiger partial charge in [0.1, 0.15) is 5.01 Å². The SMILES string of the molecule is Cc1cc2nc(-c3cccc(-n4ccc(=O)[nH]c4=O)c3)sc2c(-c2ccc(Cl)cc2)c1C(OC(C)(C)C)C(=O)O. The van der Waals surface area contributed by atoms with Crippen molar-refractivity contribution in [1.29, 1.82) is 0 Å². The van der Waals surface area contributed by atoms with Gasteiger partial charge in [-0.3, -0.25) is 14.3 Å². The van der Waals surface area contributed by atoms with E-state index in [1.54, 1.807) is 18.2 Å². The first-order chi connectivity index (χ1) is 18.9. The van der Waals surface area contributed by atoms with Crippen molar-refractivity contribution in [3.63, 3.8) is 0 Å². The van der Waals surface area contributed by atoms with Crippen molar-refractivity contribution in [1.82, 2.24) is 14.5 Å². The Morgan fingerprint density at radius 2 is 1.80 bits per heavy atom. The van der Waals surface area contributed by atoms with Crippen molar-refractivity contribution in [2.75, 3.05) is 0 Å². The van der Waals surface area contributed by atoms with Gasteiger partial charge in [0.2, 0.25) is 0 Å². The van der Waals surface area contributed by atoms with Crippen LogP contribution in [0.15, 0.2) is 76.4 Å². The summed E-state index contributed by atoms with van der Waals surface area (Å²) < 4.78 is 8.23. The van der Waals surface area contributed by atoms with Crippen molar-refractivity contribution in [3.05, 3.63) is 104 Å². The van der Waals surface area contributed by atoms with Crippen LogP contribution in [0.4, 0.5) is 0 Å². The first kappa shape index (κ1) is 27.5. The van der Waals surface area contributed by atoms with E-state index in [0.717, 1.165) is 27.0 Å². The van der Waals surface area contributed by atoms with E-state index in [1.807, 2.05) is 64.1 Å². The zero-order valence-electron chi connectivity index (χ0n) is 22.2. The van der Waals surface area contributed by atoms with Crippen LogP contribution in [0.1, 0.15) is 38.0 Å². The molecule has 2 aromatic heterocycles. The lowest BCUT2D eigenvalue weighted by molar-refractivity contribution is -0.160. The number of aromatic nitrogens is 3. The van der Waals surface area contributed by atoms with Crippen molar-refractivity contribution in [2.24, 2.45) is 0 Å². The maximum Gasteiger partial charge on any atom is 0.337 e. The van der Waals surface area contributed by atoms with Gasteiger partial charge in [-0.2, -0.15) is 0 Å². The molecule has 5 aromatic rings. The van der Waals surface area contributed by atoms with Gasteiger partial charge >= 0.3 is 11.7 Å². The number of aliphatic carboxylic acids is 1. The van der Waals surface area contributed by atoms with Crippen LogP contribution >= 0.6 is 22.9 Å². The Morgan fingerprint density at radius 3 is 2.45 bits per heavy atom. The quantitative estimate of drug-likeness (QED) is 0.243. The predicted octanol–water partition coefficient (Wildman–Crippen LogP) is 6.37. The van der Waals surface area contributed by atoms with Gasteiger partial charge in [0, 0.05) is 34.0 Å². The van der Waals surface area contributed by atoms with Crippen LogP contribution in [0.3, 0.4) is 0 Å². The molecule has 2 heterocycles. The van der Waals surface area contributed by atoms with E-state index in [1.165, 1.54) is 28.2 Å². The number of thiazole rings is 1. The van der Waals surface area contributed by atoms with E-state index in [9.17, 15) is 19.5 Å². The molecule has 0 radical (unpaired) electrons. The molecule has 0 fully saturated rings. The Hall–Kier alpha value is -4.05. The number of carboxylic acids is 1. The summed E-state index contributed by atoms with van der Waals surface area (Å²) in [4.78, 5) is 43.6. The van der Waals surface area contributed by atoms with Gasteiger partial charge in [0.25, 0.3) is 5.56 Å². The highest BCUT2D eigenvalue weighted by molar-refractivity contribution is 7.22. The zero-order chi connectivity index (χ0) is 28.8. The molecule has 0 aliphatic heterocycles. The van der Waals surface area contributed by atoms with Gasteiger partial charge in [-0.25, -0.2) is 14.6 Å². The summed E-state index contributed by atoms with van der Waals surface area (Å²) in [5.41, 5.74) is 3.12. The van der Waals surface area contributed by atoms with Crippen molar-refractivity contribution in [3.8, 4) is 27.4 Å². The average Bonchev–Trinajstić information content (AvgIpc) is 3.30. The van der Waals surface area contributed by atoms with Crippen LogP contribution in [-0.4, -0.2) is 31.2 Å². The van der Waals surface area contributed by atoms with E-state index >= 15 is 0 Å². The third-order valence-corrected chi connectivity index (χ3v) is 7.60. The number of halogens is 1. The highest BCUT2D eigenvalue weighted by Gasteiger charge is 2.32. The fourth-order valence-electron chi connectivity index (χ4n) is 4.57. The summed E-state index contributed by atoms with van der Waals surface area (Å²) in [7, 11) is 0. The number of rotatable bonds is 6. The highest BCUT2D eigenvalue weighted by atomic mass is 35.5. The molecule has 40 heavy (non-hydrogen) atoms. The van der Waals surface area contributed by atoms with Gasteiger partial charge in [-0.15, -0.1) is 11.3 Å². The molecule has 8 nitrogen and oxygen atoms in total. The Balaban J connectivity index is 1.74. The van der Waals surface area contributed by atoms with Gasteiger partial charge < -0.3 is 9.84 Å². The van der Waals surface area contributed by atoms with Crippen LogP contribution < -0.4 is 11.2 Å². The highest BCUT2D eigenvalue weighted by Crippen LogP contribution is 2.44. The van der Waals surface area contributed by atoms with E-state index in [-0.39, 0.29) is 0 Å². The minimum absolute atomic E-state index is 0.473. The topological polar surface area (TPSA) is 114 Å². The average molecular weight is 576 g/mol. The van der Waals surface area contributed by atoms with E-state index < -0.39 is 28.9 Å². The summed E-state index contributed by atoms with van der Waals surface area (Å²) in [5, 5.41) is 11.5. The molecule has 0 bridgehead atoms. The standard InChI is InChI=1S/C30H26ClN3O5S/c1-16-14-21-26(24(17-8-10-19(31)11-9-17)23(16)25(28(36)37)39-30(2,3)4)40-27(32-21)18-6-5-7-20(15-18)34-13-12-22(35)33-29(34)38/h5-15,25H,1-4H3,(H,36,37)(H,33,35,38). The third-order valence-electron chi connectivity index (χ3n) is 6.21. The molecular formula is C30H26ClN3O5S. The Morgan fingerprint density at radius 1 is 1.07 bits per heavy atom. The molecule has 0 saturated heterocycles. The van der Waals surface area contributed by atoms with Crippen LogP contribution in [0.5, 0.6) is 0 Å². The largest absolute Gasteiger partial charge is 0.479 e. The molecule has 1 unspecified atom stereocenters. The number of carboxylic acid groups (broad SMARTS) is 1. The van der Waals surface area contributed by atoms with Crippen molar-refractivity contribution >= 4 is 39.1 Å². The predicted molar refractivity (Wildman–Crippen MR) is 158 cm³/mol. The number of aromatic amines is 1. The van der Waals surface area contributed by atoms with Crippen LogP contribution in [0.25, 0.3) is 37.6 Å². The normalized spacial score (nSPS) is 12.5. The molecule has 0 aliphatic rings. The summed E-state index contributed by atoms with van der Waals surface area (Å²) >= 11 is 7.60. The molecule has 0 aliphatic carbocycles. The van der Waals surface area contributed by atoms with Crippen molar-refractivity contribution in [2.45, 2.75) is 39.4 Å². The molecule has 10 heteroatoms. The molecule has 2 N–H and O–H groups in total. The number of benzene rings is 3. The first-order valence-corrected chi connectivity index (χ1v) is 13.6. The lowest BCUT2D eigenvalue weighted by Crippen LogP contribution is -2.28. The lowest BCUT2D eigenvalue weighted by atomic mass is 9.91. The molecule has 204 valence electrons. The van der Waals surface area contributed by atoms with Gasteiger partial charge in [0.05, 0.1) is 21.5 Å². The zero-order valence-corrected chi connectivity index (χ0v) is 23.8. The van der Waals surface area contributed by atoms with E-state index in [4.69, 9.17) is 21.3 Å². The number of H-pyrrole nitrogens is 1. The Kier molecular flexibility index (Phi) is 7.22. The van der Waals surface area contributed by atoms with Gasteiger partial charge in [0.15, 0.2) is 6.10 Å². The minimum Gasteiger partial charge on any atom is -0.479 e. The number of fused-ring (bicyclic) bond motifs is 1. The number of aryl methyl sites for hydroxylation is 1. The number of nitrogens with zero attached hydrogens (tertiary/aromatic N) is 2. The van der Waals surface area contributed by atoms with Crippen LogP contribution in [-0.2, 0) is 9.53 Å². The first-order valence-electron chi connectivity index (χ1n) is 12.4. The van der Waals surface area contributed by atoms with Gasteiger partial charge in [-0.1, -0.05) is 35.9 Å². The van der Waals surface area contributed by atoms with Crippen LogP contribution in [0.2, 0.25) is 5.02 Å². The number of nitrogens with one attached hydrogen (secondary N) is 1. The monoisotopic (exact) mass is 575 g/mol. The molecule has 0 spiro atoms. The third kappa shape index (κ3) is 5.49. The maximum absolute atomic E-state index is 12.5. The number of carbonyl (C=O) groups is 1. The Labute approximate surface area is 238 Å². The number of hydrogen-bond acceptors (Lipinski definition) is 6. The summed E-state index contributed by atoms with van der Waals surface area (Å²) in [6, 6.07) is 17.7. The van der Waals surface area contributed by atoms with Crippen LogP contribution in [0, 0.1) is 6.92 Å². The summed E-state index contributed by atoms with van der Waals surface area (Å²) in [5.74, 6) is -1.09. The molecule has 0 saturated carbocycles.